The van der Waals surface area contributed by atoms with Crippen molar-refractivity contribution in [2.45, 2.75) is 19.4 Å². The predicted octanol–water partition coefficient (Wildman–Crippen LogP) is 6.90. The van der Waals surface area contributed by atoms with Gasteiger partial charge in [0, 0.05) is 23.4 Å². The number of aryl methyl sites for hydroxylation is 1. The van der Waals surface area contributed by atoms with E-state index >= 15 is 0 Å². The summed E-state index contributed by atoms with van der Waals surface area (Å²) in [6, 6.07) is 30.8. The summed E-state index contributed by atoms with van der Waals surface area (Å²) >= 11 is 6.41. The lowest BCUT2D eigenvalue weighted by Gasteiger charge is -2.12. The van der Waals surface area contributed by atoms with Gasteiger partial charge in [0.15, 0.2) is 0 Å². The third-order valence-corrected chi connectivity index (χ3v) is 5.94. The van der Waals surface area contributed by atoms with E-state index in [1.165, 1.54) is 5.39 Å². The van der Waals surface area contributed by atoms with Crippen LogP contribution in [-0.2, 0) is 13.0 Å². The van der Waals surface area contributed by atoms with Gasteiger partial charge in [0.2, 0.25) is 0 Å². The third-order valence-electron chi connectivity index (χ3n) is 5.57. The Kier molecular flexibility index (Phi) is 5.59. The largest absolute Gasteiger partial charge is 0.493 e. The molecule has 0 bridgehead atoms. The van der Waals surface area contributed by atoms with Crippen LogP contribution >= 0.6 is 11.6 Å². The molecule has 154 valence electrons. The van der Waals surface area contributed by atoms with Crippen molar-refractivity contribution >= 4 is 33.4 Å². The minimum Gasteiger partial charge on any atom is -0.493 e. The van der Waals surface area contributed by atoms with Gasteiger partial charge in [-0.05, 0) is 41.6 Å². The molecule has 0 aliphatic carbocycles. The highest BCUT2D eigenvalue weighted by Crippen LogP contribution is 2.26. The van der Waals surface area contributed by atoms with Gasteiger partial charge in [-0.3, -0.25) is 0 Å². The first-order valence-corrected chi connectivity index (χ1v) is 11.0. The molecule has 0 amide bonds. The molecule has 0 N–H and O–H groups in total. The van der Waals surface area contributed by atoms with Crippen LogP contribution in [0.4, 0.5) is 0 Å². The summed E-state index contributed by atoms with van der Waals surface area (Å²) in [6.07, 6.45) is 1.59. The molecule has 4 heteroatoms. The SMILES string of the molecule is Clc1ccccc1Cc1nc2ccccc2n1CCCOc1cccc2ccccc12. The number of benzene rings is 4. The maximum Gasteiger partial charge on any atom is 0.127 e. The van der Waals surface area contributed by atoms with E-state index < -0.39 is 0 Å². The van der Waals surface area contributed by atoms with Gasteiger partial charge in [-0.2, -0.15) is 0 Å². The average molecular weight is 427 g/mol. The lowest BCUT2D eigenvalue weighted by molar-refractivity contribution is 0.305. The number of para-hydroxylation sites is 2. The van der Waals surface area contributed by atoms with Crippen molar-refractivity contribution in [3.05, 3.63) is 107 Å². The molecule has 0 unspecified atom stereocenters. The summed E-state index contributed by atoms with van der Waals surface area (Å²) in [5.41, 5.74) is 3.25. The number of rotatable bonds is 7. The summed E-state index contributed by atoms with van der Waals surface area (Å²) in [7, 11) is 0. The van der Waals surface area contributed by atoms with Gasteiger partial charge in [-0.25, -0.2) is 4.98 Å². The number of hydrogen-bond acceptors (Lipinski definition) is 2. The maximum absolute atomic E-state index is 6.41. The zero-order valence-electron chi connectivity index (χ0n) is 17.2. The van der Waals surface area contributed by atoms with Crippen molar-refractivity contribution in [3.8, 4) is 5.75 Å². The van der Waals surface area contributed by atoms with E-state index in [1.807, 2.05) is 42.5 Å². The van der Waals surface area contributed by atoms with E-state index in [-0.39, 0.29) is 0 Å². The zero-order chi connectivity index (χ0) is 21.0. The molecular weight excluding hydrogens is 404 g/mol. The van der Waals surface area contributed by atoms with Crippen molar-refractivity contribution in [3.63, 3.8) is 0 Å². The number of ether oxygens (including phenoxy) is 1. The van der Waals surface area contributed by atoms with Gasteiger partial charge in [0.05, 0.1) is 17.6 Å². The maximum atomic E-state index is 6.41. The van der Waals surface area contributed by atoms with Crippen molar-refractivity contribution in [1.82, 2.24) is 9.55 Å². The van der Waals surface area contributed by atoms with Gasteiger partial charge in [0.1, 0.15) is 11.6 Å². The van der Waals surface area contributed by atoms with E-state index in [0.717, 1.165) is 51.5 Å². The number of aromatic nitrogens is 2. The Labute approximate surface area is 186 Å². The predicted molar refractivity (Wildman–Crippen MR) is 128 cm³/mol. The van der Waals surface area contributed by atoms with E-state index in [1.54, 1.807) is 0 Å². The summed E-state index contributed by atoms with van der Waals surface area (Å²) in [5.74, 6) is 1.96. The number of imidazole rings is 1. The van der Waals surface area contributed by atoms with Gasteiger partial charge in [-0.1, -0.05) is 78.3 Å². The standard InChI is InChI=1S/C27H23ClN2O/c28-23-13-4-2-10-21(23)19-27-29-24-14-5-6-15-25(24)30(27)17-8-18-31-26-16-7-11-20-9-1-3-12-22(20)26/h1-7,9-16H,8,17-19H2. The van der Waals surface area contributed by atoms with Crippen molar-refractivity contribution in [1.29, 1.82) is 0 Å². The van der Waals surface area contributed by atoms with Crippen LogP contribution in [0.25, 0.3) is 21.8 Å². The Morgan fingerprint density at radius 2 is 1.58 bits per heavy atom. The molecule has 0 fully saturated rings. The highest BCUT2D eigenvalue weighted by atomic mass is 35.5. The Hall–Kier alpha value is -3.30. The Balaban J connectivity index is 1.34. The minimum atomic E-state index is 0.645. The molecule has 5 aromatic rings. The van der Waals surface area contributed by atoms with E-state index in [0.29, 0.717) is 13.0 Å². The van der Waals surface area contributed by atoms with Crippen LogP contribution in [-0.4, -0.2) is 16.2 Å². The molecule has 3 nitrogen and oxygen atoms in total. The van der Waals surface area contributed by atoms with E-state index in [4.69, 9.17) is 21.3 Å². The summed E-state index contributed by atoms with van der Waals surface area (Å²) in [5, 5.41) is 3.13. The first-order chi connectivity index (χ1) is 15.3. The molecule has 0 spiro atoms. The second-order valence-electron chi connectivity index (χ2n) is 7.62. The van der Waals surface area contributed by atoms with Crippen LogP contribution in [0.3, 0.4) is 0 Å². The van der Waals surface area contributed by atoms with Gasteiger partial charge < -0.3 is 9.30 Å². The van der Waals surface area contributed by atoms with Crippen LogP contribution in [0, 0.1) is 0 Å². The smallest absolute Gasteiger partial charge is 0.127 e. The Bertz CT molecular complexity index is 1340. The molecule has 0 radical (unpaired) electrons. The van der Waals surface area contributed by atoms with Crippen LogP contribution < -0.4 is 4.74 Å². The lowest BCUT2D eigenvalue weighted by Crippen LogP contribution is -2.08. The Morgan fingerprint density at radius 1 is 0.806 bits per heavy atom. The van der Waals surface area contributed by atoms with Crippen molar-refractivity contribution in [2.24, 2.45) is 0 Å². The van der Waals surface area contributed by atoms with Gasteiger partial charge in [-0.15, -0.1) is 0 Å². The second-order valence-corrected chi connectivity index (χ2v) is 8.02. The topological polar surface area (TPSA) is 27.1 Å². The molecule has 0 atom stereocenters. The molecule has 0 aliphatic heterocycles. The lowest BCUT2D eigenvalue weighted by atomic mass is 10.1. The summed E-state index contributed by atoms with van der Waals surface area (Å²) in [4.78, 5) is 4.89. The molecule has 5 rings (SSSR count). The zero-order valence-corrected chi connectivity index (χ0v) is 17.9. The molecule has 31 heavy (non-hydrogen) atoms. The second kappa shape index (κ2) is 8.83. The summed E-state index contributed by atoms with van der Waals surface area (Å²) in [6.45, 7) is 1.48. The van der Waals surface area contributed by atoms with Crippen LogP contribution in [0.15, 0.2) is 91.0 Å². The molecule has 1 aromatic heterocycles. The minimum absolute atomic E-state index is 0.645. The first kappa shape index (κ1) is 19.7. The number of nitrogens with zero attached hydrogens (tertiary/aromatic N) is 2. The molecule has 1 heterocycles. The molecular formula is C27H23ClN2O. The first-order valence-electron chi connectivity index (χ1n) is 10.6. The average Bonchev–Trinajstić information content (AvgIpc) is 3.15. The number of halogens is 1. The number of fused-ring (bicyclic) bond motifs is 2. The fraction of sp³-hybridized carbons (Fsp3) is 0.148. The molecule has 0 saturated heterocycles. The number of hydrogen-bond donors (Lipinski definition) is 0. The monoisotopic (exact) mass is 426 g/mol. The fourth-order valence-electron chi connectivity index (χ4n) is 4.05. The van der Waals surface area contributed by atoms with E-state index in [2.05, 4.69) is 53.1 Å². The van der Waals surface area contributed by atoms with Crippen LogP contribution in [0.1, 0.15) is 17.8 Å². The molecule has 4 aromatic carbocycles. The van der Waals surface area contributed by atoms with Gasteiger partial charge >= 0.3 is 0 Å². The molecule has 0 aliphatic rings. The molecule has 0 saturated carbocycles. The third kappa shape index (κ3) is 4.14. The van der Waals surface area contributed by atoms with Gasteiger partial charge in [0.25, 0.3) is 0 Å². The quantitative estimate of drug-likeness (QED) is 0.264. The normalized spacial score (nSPS) is 11.3. The van der Waals surface area contributed by atoms with Crippen LogP contribution in [0.2, 0.25) is 5.02 Å². The van der Waals surface area contributed by atoms with Crippen molar-refractivity contribution in [2.75, 3.05) is 6.61 Å². The fourth-order valence-corrected chi connectivity index (χ4v) is 4.25. The highest BCUT2D eigenvalue weighted by molar-refractivity contribution is 6.31. The Morgan fingerprint density at radius 3 is 2.52 bits per heavy atom. The highest BCUT2D eigenvalue weighted by Gasteiger charge is 2.12. The van der Waals surface area contributed by atoms with Crippen LogP contribution in [0.5, 0.6) is 5.75 Å². The van der Waals surface area contributed by atoms with Crippen molar-refractivity contribution < 1.29 is 4.74 Å². The summed E-state index contributed by atoms with van der Waals surface area (Å²) < 4.78 is 8.45. The van der Waals surface area contributed by atoms with E-state index in [9.17, 15) is 0 Å².